The van der Waals surface area contributed by atoms with Crippen molar-refractivity contribution in [3.05, 3.63) is 18.6 Å². The molecule has 1 aromatic rings. The Morgan fingerprint density at radius 3 is 3.05 bits per heavy atom. The standard InChI is InChI=1S/C12H17N5O4/c1-5-7-10(16-12(13)15-5)17(4-14-7)11-9(20-2)8(19)6(3-18)21-11/h4,6,8-9,11,18-19H,1,3H2,2H3,(H3,13,15,16). The molecule has 21 heavy (non-hydrogen) atoms. The molecule has 5 N–H and O–H groups in total. The lowest BCUT2D eigenvalue weighted by Crippen LogP contribution is -2.35. The Labute approximate surface area is 120 Å². The van der Waals surface area contributed by atoms with Gasteiger partial charge in [-0.1, -0.05) is 6.58 Å². The Kier molecular flexibility index (Phi) is 3.41. The number of fused-ring (bicyclic) bond motifs is 1. The first-order chi connectivity index (χ1) is 10.1. The van der Waals surface area contributed by atoms with Crippen molar-refractivity contribution in [3.8, 4) is 0 Å². The monoisotopic (exact) mass is 295 g/mol. The molecule has 1 saturated heterocycles. The molecule has 9 nitrogen and oxygen atoms in total. The van der Waals surface area contributed by atoms with Crippen LogP contribution in [0.25, 0.3) is 5.70 Å². The lowest BCUT2D eigenvalue weighted by atomic mass is 10.1. The number of hydrogen-bond donors (Lipinski definition) is 4. The normalized spacial score (nSPS) is 31.8. The number of aromatic nitrogens is 2. The van der Waals surface area contributed by atoms with Crippen molar-refractivity contribution in [1.29, 1.82) is 0 Å². The fourth-order valence-electron chi connectivity index (χ4n) is 2.57. The quantitative estimate of drug-likeness (QED) is 0.544. The first-order valence-electron chi connectivity index (χ1n) is 6.41. The highest BCUT2D eigenvalue weighted by Gasteiger charge is 2.45. The number of imidazole rings is 1. The average molecular weight is 295 g/mol. The summed E-state index contributed by atoms with van der Waals surface area (Å²) in [6.45, 7) is 3.51. The number of methoxy groups -OCH3 is 1. The van der Waals surface area contributed by atoms with Crippen molar-refractivity contribution in [1.82, 2.24) is 14.9 Å². The van der Waals surface area contributed by atoms with E-state index >= 15 is 0 Å². The van der Waals surface area contributed by atoms with E-state index < -0.39 is 24.5 Å². The van der Waals surface area contributed by atoms with E-state index in [-0.39, 0.29) is 12.6 Å². The Hall–Kier alpha value is -1.94. The first-order valence-corrected chi connectivity index (χ1v) is 6.41. The van der Waals surface area contributed by atoms with Gasteiger partial charge in [0.1, 0.15) is 24.0 Å². The summed E-state index contributed by atoms with van der Waals surface area (Å²) in [5.41, 5.74) is 6.77. The second-order valence-electron chi connectivity index (χ2n) is 4.86. The van der Waals surface area contributed by atoms with Crippen molar-refractivity contribution in [3.63, 3.8) is 0 Å². The Morgan fingerprint density at radius 2 is 2.38 bits per heavy atom. The molecular formula is C12H17N5O4. The molecule has 4 unspecified atom stereocenters. The van der Waals surface area contributed by atoms with Gasteiger partial charge in [-0.3, -0.25) is 4.57 Å². The topological polar surface area (TPSA) is 127 Å². The number of ether oxygens (including phenoxy) is 2. The van der Waals surface area contributed by atoms with Gasteiger partial charge in [0.15, 0.2) is 18.0 Å². The molecule has 9 heteroatoms. The van der Waals surface area contributed by atoms with E-state index in [1.165, 1.54) is 13.4 Å². The maximum Gasteiger partial charge on any atom is 0.199 e. The van der Waals surface area contributed by atoms with Gasteiger partial charge < -0.3 is 30.7 Å². The van der Waals surface area contributed by atoms with Crippen molar-refractivity contribution in [2.75, 3.05) is 13.7 Å². The summed E-state index contributed by atoms with van der Waals surface area (Å²) in [7, 11) is 1.46. The summed E-state index contributed by atoms with van der Waals surface area (Å²) in [4.78, 5) is 8.41. The number of nitrogens with zero attached hydrogens (tertiary/aromatic N) is 3. The van der Waals surface area contributed by atoms with Crippen LogP contribution in [-0.4, -0.2) is 57.8 Å². The van der Waals surface area contributed by atoms with Crippen molar-refractivity contribution in [2.45, 2.75) is 24.5 Å². The molecule has 114 valence electrons. The van der Waals surface area contributed by atoms with Gasteiger partial charge in [0.25, 0.3) is 0 Å². The van der Waals surface area contributed by atoms with E-state index in [2.05, 4.69) is 21.9 Å². The zero-order valence-corrected chi connectivity index (χ0v) is 11.4. The van der Waals surface area contributed by atoms with E-state index in [9.17, 15) is 10.2 Å². The Morgan fingerprint density at radius 1 is 1.62 bits per heavy atom. The molecule has 4 atom stereocenters. The lowest BCUT2D eigenvalue weighted by molar-refractivity contribution is -0.0592. The number of aliphatic hydroxyl groups excluding tert-OH is 2. The Bertz CT molecular complexity index is 598. The third kappa shape index (κ3) is 2.10. The smallest absolute Gasteiger partial charge is 0.199 e. The fourth-order valence-corrected chi connectivity index (χ4v) is 2.57. The molecule has 1 fully saturated rings. The zero-order chi connectivity index (χ0) is 15.1. The largest absolute Gasteiger partial charge is 0.394 e. The predicted octanol–water partition coefficient (Wildman–Crippen LogP) is -1.33. The van der Waals surface area contributed by atoms with Crippen LogP contribution in [0.15, 0.2) is 17.9 Å². The second-order valence-corrected chi connectivity index (χ2v) is 4.86. The highest BCUT2D eigenvalue weighted by Crippen LogP contribution is 2.37. The number of guanidine groups is 1. The number of nitrogens with two attached hydrogens (primary N) is 1. The summed E-state index contributed by atoms with van der Waals surface area (Å²) in [6, 6.07) is 0. The van der Waals surface area contributed by atoms with Crippen LogP contribution < -0.4 is 11.1 Å². The third-order valence-electron chi connectivity index (χ3n) is 3.60. The number of nitrogens with one attached hydrogen (secondary N) is 1. The maximum absolute atomic E-state index is 10.1. The molecule has 0 aromatic carbocycles. The molecule has 2 aliphatic heterocycles. The van der Waals surface area contributed by atoms with Crippen LogP contribution in [0, 0.1) is 0 Å². The number of rotatable bonds is 3. The van der Waals surface area contributed by atoms with Crippen LogP contribution in [0.1, 0.15) is 11.9 Å². The van der Waals surface area contributed by atoms with E-state index in [0.717, 1.165) is 0 Å². The van der Waals surface area contributed by atoms with Crippen molar-refractivity contribution < 1.29 is 19.7 Å². The van der Waals surface area contributed by atoms with Crippen LogP contribution in [0.4, 0.5) is 5.82 Å². The van der Waals surface area contributed by atoms with Crippen LogP contribution in [0.2, 0.25) is 0 Å². The summed E-state index contributed by atoms with van der Waals surface area (Å²) >= 11 is 0. The summed E-state index contributed by atoms with van der Waals surface area (Å²) in [5.74, 6) is 0.662. The van der Waals surface area contributed by atoms with Gasteiger partial charge in [-0.2, -0.15) is 4.99 Å². The maximum atomic E-state index is 10.1. The highest BCUT2D eigenvalue weighted by molar-refractivity contribution is 5.93. The van der Waals surface area contributed by atoms with E-state index in [4.69, 9.17) is 15.2 Å². The third-order valence-corrected chi connectivity index (χ3v) is 3.60. The minimum atomic E-state index is -0.950. The predicted molar refractivity (Wildman–Crippen MR) is 73.5 cm³/mol. The van der Waals surface area contributed by atoms with E-state index in [0.29, 0.717) is 17.2 Å². The molecule has 1 aromatic heterocycles. The Balaban J connectivity index is 2.01. The molecule has 0 amide bonds. The van der Waals surface area contributed by atoms with Crippen LogP contribution in [0.5, 0.6) is 0 Å². The number of aliphatic hydroxyl groups is 2. The number of aliphatic imine (C=N–C) groups is 1. The highest BCUT2D eigenvalue weighted by atomic mass is 16.6. The SMILES string of the molecule is C=C1NC(N)=Nc2c1ncn2C1OC(CO)C(O)C1OC. The molecule has 0 saturated carbocycles. The second kappa shape index (κ2) is 5.11. The van der Waals surface area contributed by atoms with Gasteiger partial charge in [0, 0.05) is 7.11 Å². The minimum absolute atomic E-state index is 0.195. The first kappa shape index (κ1) is 14.0. The van der Waals surface area contributed by atoms with E-state index in [1.807, 2.05) is 0 Å². The van der Waals surface area contributed by atoms with Crippen molar-refractivity contribution in [2.24, 2.45) is 10.7 Å². The van der Waals surface area contributed by atoms with Crippen LogP contribution in [-0.2, 0) is 9.47 Å². The summed E-state index contributed by atoms with van der Waals surface area (Å²) in [6.07, 6.45) is -1.48. The summed E-state index contributed by atoms with van der Waals surface area (Å²) < 4.78 is 12.5. The molecule has 0 bridgehead atoms. The van der Waals surface area contributed by atoms with Crippen LogP contribution >= 0.6 is 0 Å². The summed E-state index contributed by atoms with van der Waals surface area (Å²) in [5, 5.41) is 22.1. The van der Waals surface area contributed by atoms with Gasteiger partial charge >= 0.3 is 0 Å². The van der Waals surface area contributed by atoms with Gasteiger partial charge in [0.05, 0.1) is 18.6 Å². The lowest BCUT2D eigenvalue weighted by Gasteiger charge is -2.22. The molecule has 0 spiro atoms. The number of hydrogen-bond acceptors (Lipinski definition) is 8. The zero-order valence-electron chi connectivity index (χ0n) is 11.4. The molecular weight excluding hydrogens is 278 g/mol. The fraction of sp³-hybridized carbons (Fsp3) is 0.500. The molecule has 3 rings (SSSR count). The molecule has 0 aliphatic carbocycles. The van der Waals surface area contributed by atoms with Gasteiger partial charge in [-0.15, -0.1) is 0 Å². The van der Waals surface area contributed by atoms with Gasteiger partial charge in [-0.25, -0.2) is 4.98 Å². The van der Waals surface area contributed by atoms with Crippen molar-refractivity contribution >= 4 is 17.5 Å². The average Bonchev–Trinajstić information content (AvgIpc) is 2.99. The van der Waals surface area contributed by atoms with Gasteiger partial charge in [0.2, 0.25) is 0 Å². The molecule has 2 aliphatic rings. The van der Waals surface area contributed by atoms with Gasteiger partial charge in [-0.05, 0) is 0 Å². The molecule has 0 radical (unpaired) electrons. The molecule has 3 heterocycles. The van der Waals surface area contributed by atoms with Crippen LogP contribution in [0.3, 0.4) is 0 Å². The minimum Gasteiger partial charge on any atom is -0.394 e. The van der Waals surface area contributed by atoms with E-state index in [1.54, 1.807) is 4.57 Å².